The van der Waals surface area contributed by atoms with E-state index in [1.54, 1.807) is 32.0 Å². The van der Waals surface area contributed by atoms with E-state index in [1.807, 2.05) is 54.6 Å². The molecule has 1 N–H and O–H groups in total. The van der Waals surface area contributed by atoms with Crippen molar-refractivity contribution in [3.63, 3.8) is 0 Å². The molecule has 0 radical (unpaired) electrons. The Kier molecular flexibility index (Phi) is 7.44. The third kappa shape index (κ3) is 5.95. The predicted molar refractivity (Wildman–Crippen MR) is 134 cm³/mol. The van der Waals surface area contributed by atoms with Crippen molar-refractivity contribution in [1.82, 2.24) is 9.97 Å². The molecule has 2 aromatic carbocycles. The number of aromatic nitrogens is 2. The molecule has 0 amide bonds. The average Bonchev–Trinajstić information content (AvgIpc) is 2.87. The summed E-state index contributed by atoms with van der Waals surface area (Å²) in [6, 6.07) is 19.0. The van der Waals surface area contributed by atoms with Crippen molar-refractivity contribution >= 4 is 29.4 Å². The van der Waals surface area contributed by atoms with E-state index in [2.05, 4.69) is 15.3 Å². The molecule has 0 saturated carbocycles. The highest BCUT2D eigenvalue weighted by Gasteiger charge is 2.38. The van der Waals surface area contributed by atoms with E-state index in [0.29, 0.717) is 23.3 Å². The molecule has 1 aliphatic rings. The minimum Gasteiger partial charge on any atom is -0.481 e. The van der Waals surface area contributed by atoms with E-state index in [9.17, 15) is 9.59 Å². The van der Waals surface area contributed by atoms with Gasteiger partial charge in [0, 0.05) is 30.6 Å². The lowest BCUT2D eigenvalue weighted by Crippen LogP contribution is -2.42. The van der Waals surface area contributed by atoms with Gasteiger partial charge in [-0.05, 0) is 29.8 Å². The first-order valence-corrected chi connectivity index (χ1v) is 11.9. The summed E-state index contributed by atoms with van der Waals surface area (Å²) in [5, 5.41) is 2.72. The van der Waals surface area contributed by atoms with Crippen molar-refractivity contribution in [3.8, 4) is 11.8 Å². The fourth-order valence-electron chi connectivity index (χ4n) is 3.34. The largest absolute Gasteiger partial charge is 0.481 e. The Hall–Kier alpha value is -4.05. The molecule has 0 aliphatic carbocycles. The molecule has 1 fully saturated rings. The molecule has 1 aromatic heterocycles. The minimum absolute atomic E-state index is 0.207. The van der Waals surface area contributed by atoms with Gasteiger partial charge in [-0.15, -0.1) is 11.8 Å². The first kappa shape index (κ1) is 25.1. The molecule has 1 atom stereocenters. The Labute approximate surface area is 212 Å². The number of nitrogens with one attached hydrogen (secondary N) is 1. The van der Waals surface area contributed by atoms with E-state index >= 15 is 0 Å². The van der Waals surface area contributed by atoms with Crippen molar-refractivity contribution in [2.75, 3.05) is 19.5 Å². The maximum atomic E-state index is 12.1. The van der Waals surface area contributed by atoms with Crippen LogP contribution in [0.5, 0.6) is 11.8 Å². The van der Waals surface area contributed by atoms with Crippen LogP contribution < -0.4 is 14.8 Å². The summed E-state index contributed by atoms with van der Waals surface area (Å²) in [5.74, 6) is -1.39. The lowest BCUT2D eigenvalue weighted by atomic mass is 10.1. The van der Waals surface area contributed by atoms with Crippen LogP contribution in [0.4, 0.5) is 5.69 Å². The Morgan fingerprint density at radius 3 is 2.06 bits per heavy atom. The number of benzene rings is 2. The highest BCUT2D eigenvalue weighted by atomic mass is 32.2. The molecule has 1 aliphatic heterocycles. The number of carbonyl (C=O) groups excluding carboxylic acids is 2. The predicted octanol–water partition coefficient (Wildman–Crippen LogP) is 4.51. The third-order valence-corrected chi connectivity index (χ3v) is 6.32. The Bertz CT molecular complexity index is 1230. The summed E-state index contributed by atoms with van der Waals surface area (Å²) in [5.41, 5.74) is 1.48. The molecule has 1 saturated heterocycles. The van der Waals surface area contributed by atoms with Crippen LogP contribution in [0.25, 0.3) is 0 Å². The van der Waals surface area contributed by atoms with Gasteiger partial charge >= 0.3 is 11.9 Å². The van der Waals surface area contributed by atoms with Gasteiger partial charge in [-0.2, -0.15) is 9.97 Å². The van der Waals surface area contributed by atoms with Crippen LogP contribution in [0.1, 0.15) is 30.5 Å². The molecular formula is C26H25N3O6S. The van der Waals surface area contributed by atoms with Crippen molar-refractivity contribution in [3.05, 3.63) is 83.8 Å². The fraction of sp³-hybridized carbons (Fsp3) is 0.231. The number of nitrogens with zero attached hydrogens (tertiary/aromatic N) is 2. The molecule has 10 heteroatoms. The molecule has 1 unspecified atom stereocenters. The van der Waals surface area contributed by atoms with E-state index < -0.39 is 17.7 Å². The molecule has 186 valence electrons. The summed E-state index contributed by atoms with van der Waals surface area (Å²) in [6.07, 6.45) is 1.28. The number of ether oxygens (including phenoxy) is 4. The number of hydrogen-bond acceptors (Lipinski definition) is 10. The maximum Gasteiger partial charge on any atom is 0.350 e. The van der Waals surface area contributed by atoms with Crippen molar-refractivity contribution in [2.45, 2.75) is 29.8 Å². The molecule has 2 heterocycles. The molecule has 9 nitrogen and oxygen atoms in total. The smallest absolute Gasteiger partial charge is 0.350 e. The van der Waals surface area contributed by atoms with Crippen molar-refractivity contribution in [2.24, 2.45) is 0 Å². The number of cyclic esters (lactones) is 2. The number of thioether (sulfide) groups is 1. The Morgan fingerprint density at radius 1 is 0.917 bits per heavy atom. The molecule has 0 spiro atoms. The van der Waals surface area contributed by atoms with Gasteiger partial charge in [0.05, 0.1) is 25.5 Å². The number of methoxy groups -OCH3 is 2. The number of carbonyl (C=O) groups is 2. The molecule has 0 bridgehead atoms. The van der Waals surface area contributed by atoms with Crippen molar-refractivity contribution in [1.29, 1.82) is 0 Å². The first-order valence-electron chi connectivity index (χ1n) is 11.0. The average molecular weight is 508 g/mol. The molecule has 3 aromatic rings. The van der Waals surface area contributed by atoms with E-state index in [0.717, 1.165) is 10.5 Å². The highest BCUT2D eigenvalue weighted by molar-refractivity contribution is 7.99. The van der Waals surface area contributed by atoms with Crippen LogP contribution in [-0.4, -0.2) is 41.9 Å². The van der Waals surface area contributed by atoms with Gasteiger partial charge in [-0.25, -0.2) is 9.59 Å². The van der Waals surface area contributed by atoms with Crippen LogP contribution in [0, 0.1) is 0 Å². The maximum absolute atomic E-state index is 12.1. The van der Waals surface area contributed by atoms with Gasteiger partial charge in [-0.1, -0.05) is 30.3 Å². The monoisotopic (exact) mass is 507 g/mol. The normalized spacial score (nSPS) is 15.4. The standard InChI is InChI=1S/C26H25N3O6S/c1-26(2)34-24(30)19(25(31)35-26)15-27-17-10-12-18(13-11-17)36-22(16-8-6-5-7-9-16)23-28-20(32-3)14-21(29-23)33-4/h5-15,22,27H,1-4H3. The van der Waals surface area contributed by atoms with Crippen molar-refractivity contribution < 1.29 is 28.5 Å². The number of anilines is 1. The summed E-state index contributed by atoms with van der Waals surface area (Å²) in [7, 11) is 3.09. The molecule has 4 rings (SSSR count). The second-order valence-electron chi connectivity index (χ2n) is 8.13. The summed E-state index contributed by atoms with van der Waals surface area (Å²) < 4.78 is 20.9. The lowest BCUT2D eigenvalue weighted by Gasteiger charge is -2.29. The third-order valence-electron chi connectivity index (χ3n) is 5.06. The lowest BCUT2D eigenvalue weighted by molar-refractivity contribution is -0.222. The van der Waals surface area contributed by atoms with E-state index in [4.69, 9.17) is 18.9 Å². The van der Waals surface area contributed by atoms with E-state index in [1.165, 1.54) is 20.0 Å². The van der Waals surface area contributed by atoms with Gasteiger partial charge in [-0.3, -0.25) is 0 Å². The van der Waals surface area contributed by atoms with Gasteiger partial charge in [0.2, 0.25) is 11.8 Å². The summed E-state index contributed by atoms with van der Waals surface area (Å²) in [6.45, 7) is 3.00. The van der Waals surface area contributed by atoms with Crippen LogP contribution in [0.2, 0.25) is 0 Å². The topological polar surface area (TPSA) is 109 Å². The zero-order valence-electron chi connectivity index (χ0n) is 20.2. The van der Waals surface area contributed by atoms with Crippen LogP contribution in [-0.2, 0) is 19.1 Å². The van der Waals surface area contributed by atoms with Crippen LogP contribution in [0.15, 0.2) is 77.3 Å². The number of hydrogen-bond donors (Lipinski definition) is 1. The summed E-state index contributed by atoms with van der Waals surface area (Å²) >= 11 is 1.56. The minimum atomic E-state index is -1.28. The van der Waals surface area contributed by atoms with Gasteiger partial charge in [0.15, 0.2) is 11.4 Å². The zero-order chi connectivity index (χ0) is 25.7. The second-order valence-corrected chi connectivity index (χ2v) is 9.30. The zero-order valence-corrected chi connectivity index (χ0v) is 21.0. The first-order chi connectivity index (χ1) is 17.3. The van der Waals surface area contributed by atoms with Gasteiger partial charge < -0.3 is 24.3 Å². The Morgan fingerprint density at radius 2 is 1.50 bits per heavy atom. The van der Waals surface area contributed by atoms with Gasteiger partial charge in [0.25, 0.3) is 5.79 Å². The number of esters is 2. The van der Waals surface area contributed by atoms with Gasteiger partial charge in [0.1, 0.15) is 0 Å². The number of rotatable bonds is 8. The van der Waals surface area contributed by atoms with Crippen LogP contribution >= 0.6 is 11.8 Å². The fourth-order valence-corrected chi connectivity index (χ4v) is 4.41. The second kappa shape index (κ2) is 10.7. The molecule has 36 heavy (non-hydrogen) atoms. The van der Waals surface area contributed by atoms with E-state index in [-0.39, 0.29) is 10.8 Å². The Balaban J connectivity index is 1.55. The molecular weight excluding hydrogens is 482 g/mol. The SMILES string of the molecule is COc1cc(OC)nc(C(Sc2ccc(NC=C3C(=O)OC(C)(C)OC3=O)cc2)c2ccccc2)n1. The summed E-state index contributed by atoms with van der Waals surface area (Å²) in [4.78, 5) is 34.3. The highest BCUT2D eigenvalue weighted by Crippen LogP contribution is 2.40. The quantitative estimate of drug-likeness (QED) is 0.202. The van der Waals surface area contributed by atoms with Crippen LogP contribution in [0.3, 0.4) is 0 Å².